The molecular formula is C9H12N2O2. The van der Waals surface area contributed by atoms with Crippen LogP contribution in [0.2, 0.25) is 0 Å². The molecule has 1 aromatic rings. The number of carbonyl (C=O) groups is 1. The summed E-state index contributed by atoms with van der Waals surface area (Å²) in [6.45, 7) is 1.58. The maximum Gasteiger partial charge on any atom is 0.224 e. The zero-order valence-electron chi connectivity index (χ0n) is 7.40. The van der Waals surface area contributed by atoms with Crippen LogP contribution in [0.4, 0.5) is 5.69 Å². The van der Waals surface area contributed by atoms with E-state index in [2.05, 4.69) is 0 Å². The van der Waals surface area contributed by atoms with Crippen LogP contribution in [-0.4, -0.2) is 17.7 Å². The summed E-state index contributed by atoms with van der Waals surface area (Å²) in [7, 11) is 0. The van der Waals surface area contributed by atoms with Crippen molar-refractivity contribution >= 4 is 11.6 Å². The Kier molecular flexibility index (Phi) is 2.87. The highest BCUT2D eigenvalue weighted by atomic mass is 16.3. The van der Waals surface area contributed by atoms with Gasteiger partial charge in [0.2, 0.25) is 5.91 Å². The second-order valence-electron chi connectivity index (χ2n) is 2.65. The summed E-state index contributed by atoms with van der Waals surface area (Å²) in [5.41, 5.74) is 6.07. The third kappa shape index (κ3) is 2.19. The highest BCUT2D eigenvalue weighted by Gasteiger charge is 2.07. The van der Waals surface area contributed by atoms with Gasteiger partial charge in [0.05, 0.1) is 6.67 Å². The van der Waals surface area contributed by atoms with Gasteiger partial charge in [-0.15, -0.1) is 0 Å². The maximum atomic E-state index is 11.0. The molecule has 4 nitrogen and oxygen atoms in total. The minimum Gasteiger partial charge on any atom is -0.508 e. The van der Waals surface area contributed by atoms with Crippen molar-refractivity contribution in [3.63, 3.8) is 0 Å². The second-order valence-corrected chi connectivity index (χ2v) is 2.65. The SMILES string of the molecule is CC(=O)N(CN)c1ccc(O)cc1. The molecule has 1 aromatic carbocycles. The van der Waals surface area contributed by atoms with Gasteiger partial charge in [0.15, 0.2) is 0 Å². The molecule has 0 saturated carbocycles. The number of aromatic hydroxyl groups is 1. The quantitative estimate of drug-likeness (QED) is 0.657. The summed E-state index contributed by atoms with van der Waals surface area (Å²) < 4.78 is 0. The van der Waals surface area contributed by atoms with E-state index in [4.69, 9.17) is 10.8 Å². The lowest BCUT2D eigenvalue weighted by molar-refractivity contribution is -0.116. The van der Waals surface area contributed by atoms with E-state index in [-0.39, 0.29) is 18.3 Å². The summed E-state index contributed by atoms with van der Waals surface area (Å²) in [6.07, 6.45) is 0. The molecule has 0 saturated heterocycles. The van der Waals surface area contributed by atoms with Crippen LogP contribution in [0.25, 0.3) is 0 Å². The molecule has 13 heavy (non-hydrogen) atoms. The van der Waals surface area contributed by atoms with E-state index in [1.165, 1.54) is 24.0 Å². The van der Waals surface area contributed by atoms with Crippen molar-refractivity contribution in [2.24, 2.45) is 5.73 Å². The van der Waals surface area contributed by atoms with E-state index in [0.29, 0.717) is 5.69 Å². The number of nitrogens with zero attached hydrogens (tertiary/aromatic N) is 1. The Morgan fingerprint density at radius 2 is 2.00 bits per heavy atom. The van der Waals surface area contributed by atoms with Crippen LogP contribution in [0.15, 0.2) is 24.3 Å². The van der Waals surface area contributed by atoms with E-state index in [1.807, 2.05) is 0 Å². The van der Waals surface area contributed by atoms with Crippen molar-refractivity contribution < 1.29 is 9.90 Å². The average molecular weight is 180 g/mol. The Hall–Kier alpha value is -1.55. The zero-order valence-corrected chi connectivity index (χ0v) is 7.40. The van der Waals surface area contributed by atoms with Gasteiger partial charge in [0, 0.05) is 12.6 Å². The first-order valence-electron chi connectivity index (χ1n) is 3.92. The number of rotatable bonds is 2. The van der Waals surface area contributed by atoms with E-state index in [9.17, 15) is 4.79 Å². The van der Waals surface area contributed by atoms with Crippen LogP contribution in [-0.2, 0) is 4.79 Å². The molecule has 4 heteroatoms. The van der Waals surface area contributed by atoms with Gasteiger partial charge in [0.25, 0.3) is 0 Å². The van der Waals surface area contributed by atoms with Gasteiger partial charge in [-0.25, -0.2) is 0 Å². The lowest BCUT2D eigenvalue weighted by Crippen LogP contribution is -2.33. The molecule has 1 amide bonds. The minimum atomic E-state index is -0.117. The third-order valence-electron chi connectivity index (χ3n) is 1.72. The van der Waals surface area contributed by atoms with E-state index >= 15 is 0 Å². The predicted octanol–water partition coefficient (Wildman–Crippen LogP) is 0.661. The fourth-order valence-electron chi connectivity index (χ4n) is 1.05. The first-order valence-corrected chi connectivity index (χ1v) is 3.92. The summed E-state index contributed by atoms with van der Waals surface area (Å²) in [6, 6.07) is 6.31. The molecule has 0 spiro atoms. The first-order chi connectivity index (χ1) is 6.15. The van der Waals surface area contributed by atoms with Gasteiger partial charge in [-0.1, -0.05) is 0 Å². The Morgan fingerprint density at radius 3 is 2.38 bits per heavy atom. The van der Waals surface area contributed by atoms with Gasteiger partial charge in [-0.05, 0) is 24.3 Å². The maximum absolute atomic E-state index is 11.0. The molecule has 0 aromatic heterocycles. The number of nitrogens with two attached hydrogens (primary N) is 1. The molecular weight excluding hydrogens is 168 g/mol. The highest BCUT2D eigenvalue weighted by Crippen LogP contribution is 2.17. The van der Waals surface area contributed by atoms with Gasteiger partial charge < -0.3 is 10.8 Å². The van der Waals surface area contributed by atoms with Crippen molar-refractivity contribution in [3.8, 4) is 5.75 Å². The molecule has 0 radical (unpaired) electrons. The van der Waals surface area contributed by atoms with Gasteiger partial charge in [0.1, 0.15) is 5.75 Å². The predicted molar refractivity (Wildman–Crippen MR) is 50.3 cm³/mol. The van der Waals surface area contributed by atoms with Crippen molar-refractivity contribution in [3.05, 3.63) is 24.3 Å². The second kappa shape index (κ2) is 3.91. The number of anilines is 1. The summed E-state index contributed by atoms with van der Waals surface area (Å²) >= 11 is 0. The number of hydrogen-bond acceptors (Lipinski definition) is 3. The molecule has 0 aliphatic rings. The molecule has 0 bridgehead atoms. The van der Waals surface area contributed by atoms with Gasteiger partial charge in [-0.3, -0.25) is 9.69 Å². The Balaban J connectivity index is 2.92. The Morgan fingerprint density at radius 1 is 1.46 bits per heavy atom. The van der Waals surface area contributed by atoms with Crippen LogP contribution in [0, 0.1) is 0 Å². The molecule has 0 unspecified atom stereocenters. The van der Waals surface area contributed by atoms with E-state index in [0.717, 1.165) is 0 Å². The number of amides is 1. The molecule has 3 N–H and O–H groups in total. The standard InChI is InChI=1S/C9H12N2O2/c1-7(12)11(6-10)8-2-4-9(13)5-3-8/h2-5,13H,6,10H2,1H3. The third-order valence-corrected chi connectivity index (χ3v) is 1.72. The van der Waals surface area contributed by atoms with Crippen molar-refractivity contribution in [1.82, 2.24) is 0 Å². The fraction of sp³-hybridized carbons (Fsp3) is 0.222. The van der Waals surface area contributed by atoms with Crippen LogP contribution >= 0.6 is 0 Å². The highest BCUT2D eigenvalue weighted by molar-refractivity contribution is 5.91. The van der Waals surface area contributed by atoms with Crippen LogP contribution in [0.3, 0.4) is 0 Å². The van der Waals surface area contributed by atoms with Crippen LogP contribution in [0.5, 0.6) is 5.75 Å². The van der Waals surface area contributed by atoms with E-state index < -0.39 is 0 Å². The molecule has 70 valence electrons. The van der Waals surface area contributed by atoms with Crippen LogP contribution in [0.1, 0.15) is 6.92 Å². The van der Waals surface area contributed by atoms with Gasteiger partial charge in [-0.2, -0.15) is 0 Å². The number of phenols is 1. The van der Waals surface area contributed by atoms with Crippen LogP contribution < -0.4 is 10.6 Å². The van der Waals surface area contributed by atoms with Crippen molar-refractivity contribution in [2.45, 2.75) is 6.92 Å². The van der Waals surface area contributed by atoms with E-state index in [1.54, 1.807) is 12.1 Å². The molecule has 1 rings (SSSR count). The average Bonchev–Trinajstić information content (AvgIpc) is 2.09. The summed E-state index contributed by atoms with van der Waals surface area (Å²) in [5, 5.41) is 9.02. The monoisotopic (exact) mass is 180 g/mol. The fourth-order valence-corrected chi connectivity index (χ4v) is 1.05. The lowest BCUT2D eigenvalue weighted by atomic mass is 10.3. The number of phenolic OH excluding ortho intramolecular Hbond substituents is 1. The number of carbonyl (C=O) groups excluding carboxylic acids is 1. The smallest absolute Gasteiger partial charge is 0.224 e. The Labute approximate surface area is 76.6 Å². The first kappa shape index (κ1) is 9.54. The topological polar surface area (TPSA) is 66.6 Å². The largest absolute Gasteiger partial charge is 0.508 e. The lowest BCUT2D eigenvalue weighted by Gasteiger charge is -2.18. The molecule has 0 aliphatic carbocycles. The van der Waals surface area contributed by atoms with Crippen molar-refractivity contribution in [1.29, 1.82) is 0 Å². The zero-order chi connectivity index (χ0) is 9.84. The summed E-state index contributed by atoms with van der Waals surface area (Å²) in [4.78, 5) is 12.5. The molecule has 0 aliphatic heterocycles. The summed E-state index contributed by atoms with van der Waals surface area (Å²) in [5.74, 6) is 0.0532. The molecule has 0 heterocycles. The molecule has 0 atom stereocenters. The number of hydrogen-bond donors (Lipinski definition) is 2. The van der Waals surface area contributed by atoms with Crippen molar-refractivity contribution in [2.75, 3.05) is 11.6 Å². The number of benzene rings is 1. The minimum absolute atomic E-state index is 0.117. The molecule has 0 fully saturated rings. The van der Waals surface area contributed by atoms with Gasteiger partial charge >= 0.3 is 0 Å². The Bertz CT molecular complexity index is 295. The normalized spacial score (nSPS) is 9.69.